The summed E-state index contributed by atoms with van der Waals surface area (Å²) in [6, 6.07) is 62.9. The minimum Gasteiger partial charge on any atom is -0.208 e. The SMILES string of the molecule is c1ccc(-c2nc(-c3ccccc3)nc(-c3cccc(-c4ccc(-c5ccc6c(c5)-c5ccccc5C65CCCCC5)cc4)c3-c3ccccc3)n2)cc1. The normalized spacial score (nSPS) is 14.1. The smallest absolute Gasteiger partial charge is 0.164 e. The molecule has 1 aromatic heterocycles. The summed E-state index contributed by atoms with van der Waals surface area (Å²) in [6.07, 6.45) is 6.45. The van der Waals surface area contributed by atoms with Crippen molar-refractivity contribution in [3.63, 3.8) is 0 Å². The molecule has 1 spiro atoms. The van der Waals surface area contributed by atoms with Gasteiger partial charge in [-0.05, 0) is 69.0 Å². The third-order valence-corrected chi connectivity index (χ3v) is 11.6. The quantitative estimate of drug-likeness (QED) is 0.174. The van der Waals surface area contributed by atoms with Crippen LogP contribution in [0.25, 0.3) is 78.7 Å². The van der Waals surface area contributed by atoms with E-state index in [0.717, 1.165) is 38.9 Å². The van der Waals surface area contributed by atoms with Crippen molar-refractivity contribution in [1.82, 2.24) is 15.0 Å². The maximum Gasteiger partial charge on any atom is 0.164 e. The molecule has 2 aliphatic carbocycles. The first-order valence-electron chi connectivity index (χ1n) is 19.2. The van der Waals surface area contributed by atoms with Crippen molar-refractivity contribution >= 4 is 0 Å². The molecule has 2 aliphatic rings. The fraction of sp³-hybridized carbons (Fsp3) is 0.118. The molecule has 0 atom stereocenters. The second-order valence-electron chi connectivity index (χ2n) is 14.7. The van der Waals surface area contributed by atoms with Crippen LogP contribution in [0.5, 0.6) is 0 Å². The summed E-state index contributed by atoms with van der Waals surface area (Å²) in [4.78, 5) is 15.2. The molecule has 3 nitrogen and oxygen atoms in total. The number of hydrogen-bond donors (Lipinski definition) is 0. The molecule has 0 amide bonds. The Bertz CT molecular complexity index is 2550. The summed E-state index contributed by atoms with van der Waals surface area (Å²) in [5.74, 6) is 1.95. The van der Waals surface area contributed by atoms with Crippen LogP contribution in [0.15, 0.2) is 176 Å². The molecule has 0 aliphatic heterocycles. The number of fused-ring (bicyclic) bond motifs is 5. The van der Waals surface area contributed by atoms with Gasteiger partial charge in [-0.2, -0.15) is 0 Å². The van der Waals surface area contributed by atoms with Gasteiger partial charge in [-0.3, -0.25) is 0 Å². The van der Waals surface area contributed by atoms with Gasteiger partial charge in [0.2, 0.25) is 0 Å². The van der Waals surface area contributed by atoms with Gasteiger partial charge in [-0.25, -0.2) is 15.0 Å². The van der Waals surface area contributed by atoms with Crippen molar-refractivity contribution in [3.05, 3.63) is 187 Å². The molecule has 8 aromatic rings. The average Bonchev–Trinajstić information content (AvgIpc) is 3.52. The first kappa shape index (κ1) is 32.2. The highest BCUT2D eigenvalue weighted by atomic mass is 15.0. The molecular formula is C51H39N3. The van der Waals surface area contributed by atoms with Crippen LogP contribution in [0.4, 0.5) is 0 Å². The molecule has 1 heterocycles. The zero-order chi connectivity index (χ0) is 35.9. The Morgan fingerprint density at radius 1 is 0.315 bits per heavy atom. The third-order valence-electron chi connectivity index (χ3n) is 11.6. The maximum atomic E-state index is 5.13. The molecule has 0 unspecified atom stereocenters. The Morgan fingerprint density at radius 3 is 1.48 bits per heavy atom. The zero-order valence-corrected chi connectivity index (χ0v) is 30.1. The van der Waals surface area contributed by atoms with E-state index in [0.29, 0.717) is 17.5 Å². The van der Waals surface area contributed by atoms with Crippen LogP contribution in [0, 0.1) is 0 Å². The van der Waals surface area contributed by atoms with Crippen molar-refractivity contribution in [2.45, 2.75) is 37.5 Å². The topological polar surface area (TPSA) is 38.7 Å². The van der Waals surface area contributed by atoms with Gasteiger partial charge in [-0.15, -0.1) is 0 Å². The van der Waals surface area contributed by atoms with E-state index in [-0.39, 0.29) is 5.41 Å². The van der Waals surface area contributed by atoms with Gasteiger partial charge in [-0.1, -0.05) is 189 Å². The van der Waals surface area contributed by atoms with Gasteiger partial charge < -0.3 is 0 Å². The van der Waals surface area contributed by atoms with Crippen molar-refractivity contribution < 1.29 is 0 Å². The van der Waals surface area contributed by atoms with Gasteiger partial charge in [0, 0.05) is 27.7 Å². The summed E-state index contributed by atoms with van der Waals surface area (Å²) in [7, 11) is 0. The Hall–Kier alpha value is -6.45. The average molecular weight is 694 g/mol. The van der Waals surface area contributed by atoms with Crippen molar-refractivity contribution in [2.75, 3.05) is 0 Å². The van der Waals surface area contributed by atoms with Gasteiger partial charge in [0.25, 0.3) is 0 Å². The fourth-order valence-electron chi connectivity index (χ4n) is 9.00. The summed E-state index contributed by atoms with van der Waals surface area (Å²) < 4.78 is 0. The highest BCUT2D eigenvalue weighted by Gasteiger charge is 2.43. The molecule has 1 fully saturated rings. The van der Waals surface area contributed by atoms with Gasteiger partial charge in [0.05, 0.1) is 0 Å². The van der Waals surface area contributed by atoms with E-state index in [4.69, 9.17) is 15.0 Å². The predicted molar refractivity (Wildman–Crippen MR) is 222 cm³/mol. The molecule has 54 heavy (non-hydrogen) atoms. The lowest BCUT2D eigenvalue weighted by Crippen LogP contribution is -2.27. The molecule has 1 saturated carbocycles. The van der Waals surface area contributed by atoms with Crippen LogP contribution in [-0.4, -0.2) is 15.0 Å². The number of rotatable bonds is 6. The van der Waals surface area contributed by atoms with Crippen LogP contribution < -0.4 is 0 Å². The summed E-state index contributed by atoms with van der Waals surface area (Å²) in [5.41, 5.74) is 15.9. The maximum absolute atomic E-state index is 5.13. The lowest BCUT2D eigenvalue weighted by molar-refractivity contribution is 0.353. The van der Waals surface area contributed by atoms with Crippen molar-refractivity contribution in [3.8, 4) is 78.7 Å². The number of benzene rings is 7. The van der Waals surface area contributed by atoms with Crippen molar-refractivity contribution in [1.29, 1.82) is 0 Å². The van der Waals surface area contributed by atoms with Gasteiger partial charge in [0.15, 0.2) is 17.5 Å². The van der Waals surface area contributed by atoms with E-state index in [2.05, 4.69) is 140 Å². The molecule has 0 saturated heterocycles. The largest absolute Gasteiger partial charge is 0.208 e. The molecule has 7 aromatic carbocycles. The molecule has 258 valence electrons. The summed E-state index contributed by atoms with van der Waals surface area (Å²) in [6.45, 7) is 0. The monoisotopic (exact) mass is 693 g/mol. The standard InChI is InChI=1S/C51H39N3/c1-5-16-37(17-6-1)47-41(23-15-24-43(47)50-53-48(38-18-7-2-8-19-38)52-49(54-50)39-20-9-3-10-21-39)36-28-26-35(27-29-36)40-30-31-46-44(34-40)42-22-11-12-25-45(42)51(46)32-13-4-14-33-51/h1-3,5-12,15-31,34H,4,13-14,32-33H2. The zero-order valence-electron chi connectivity index (χ0n) is 30.1. The number of hydrogen-bond acceptors (Lipinski definition) is 3. The van der Waals surface area contributed by atoms with E-state index in [1.165, 1.54) is 65.5 Å². The highest BCUT2D eigenvalue weighted by molar-refractivity contribution is 5.94. The summed E-state index contributed by atoms with van der Waals surface area (Å²) >= 11 is 0. The predicted octanol–water partition coefficient (Wildman–Crippen LogP) is 13.1. The van der Waals surface area contributed by atoms with E-state index in [9.17, 15) is 0 Å². The van der Waals surface area contributed by atoms with Gasteiger partial charge >= 0.3 is 0 Å². The van der Waals surface area contributed by atoms with Crippen LogP contribution in [0.3, 0.4) is 0 Å². The second-order valence-corrected chi connectivity index (χ2v) is 14.7. The lowest BCUT2D eigenvalue weighted by atomic mass is 9.68. The van der Waals surface area contributed by atoms with Crippen LogP contribution in [0.2, 0.25) is 0 Å². The third kappa shape index (κ3) is 5.56. The molecule has 10 rings (SSSR count). The summed E-state index contributed by atoms with van der Waals surface area (Å²) in [5, 5.41) is 0. The Balaban J connectivity index is 1.08. The van der Waals surface area contributed by atoms with Gasteiger partial charge in [0.1, 0.15) is 0 Å². The second kappa shape index (κ2) is 13.5. The number of nitrogens with zero attached hydrogens (tertiary/aromatic N) is 3. The minimum absolute atomic E-state index is 0.174. The Labute approximate surface area is 317 Å². The Morgan fingerprint density at radius 2 is 0.815 bits per heavy atom. The Kier molecular flexibility index (Phi) is 8.06. The van der Waals surface area contributed by atoms with E-state index in [1.807, 2.05) is 36.4 Å². The van der Waals surface area contributed by atoms with Crippen LogP contribution in [-0.2, 0) is 5.41 Å². The van der Waals surface area contributed by atoms with Crippen LogP contribution >= 0.6 is 0 Å². The van der Waals surface area contributed by atoms with Crippen LogP contribution in [0.1, 0.15) is 43.2 Å². The molecule has 0 bridgehead atoms. The lowest BCUT2D eigenvalue weighted by Gasteiger charge is -2.36. The van der Waals surface area contributed by atoms with Crippen molar-refractivity contribution in [2.24, 2.45) is 0 Å². The molecule has 0 N–H and O–H groups in total. The molecule has 0 radical (unpaired) electrons. The van der Waals surface area contributed by atoms with E-state index >= 15 is 0 Å². The molecule has 3 heteroatoms. The first-order chi connectivity index (χ1) is 26.7. The minimum atomic E-state index is 0.174. The fourth-order valence-corrected chi connectivity index (χ4v) is 9.00. The molecular weight excluding hydrogens is 655 g/mol. The van der Waals surface area contributed by atoms with E-state index < -0.39 is 0 Å². The van der Waals surface area contributed by atoms with E-state index in [1.54, 1.807) is 0 Å². The highest BCUT2D eigenvalue weighted by Crippen LogP contribution is 2.56. The number of aromatic nitrogens is 3. The first-order valence-corrected chi connectivity index (χ1v) is 19.2.